The van der Waals surface area contributed by atoms with Gasteiger partial charge < -0.3 is 15.5 Å². The summed E-state index contributed by atoms with van der Waals surface area (Å²) in [7, 11) is 0. The number of nitrogens with one attached hydrogen (secondary N) is 2. The Morgan fingerprint density at radius 3 is 2.92 bits per heavy atom. The first-order chi connectivity index (χ1) is 6.27. The molecule has 74 valence electrons. The Kier molecular flexibility index (Phi) is 2.40. The lowest BCUT2D eigenvalue weighted by molar-refractivity contribution is 0.164. The molecule has 0 aromatic heterocycles. The van der Waals surface area contributed by atoms with Gasteiger partial charge in [-0.15, -0.1) is 0 Å². The van der Waals surface area contributed by atoms with Crippen LogP contribution < -0.4 is 10.6 Å². The highest BCUT2D eigenvalue weighted by molar-refractivity contribution is 5.75. The molecule has 4 heteroatoms. The van der Waals surface area contributed by atoms with Gasteiger partial charge in [0.05, 0.1) is 0 Å². The van der Waals surface area contributed by atoms with Crippen molar-refractivity contribution in [3.05, 3.63) is 0 Å². The Labute approximate surface area is 78.7 Å². The van der Waals surface area contributed by atoms with Gasteiger partial charge in [-0.25, -0.2) is 4.79 Å². The SMILES string of the molecule is C[C@H]1CNCCN1C(=O)NC1CC1. The van der Waals surface area contributed by atoms with Crippen molar-refractivity contribution in [3.63, 3.8) is 0 Å². The quantitative estimate of drug-likeness (QED) is 0.608. The van der Waals surface area contributed by atoms with Gasteiger partial charge in [-0.05, 0) is 19.8 Å². The zero-order valence-electron chi connectivity index (χ0n) is 8.05. The number of carbonyl (C=O) groups is 1. The van der Waals surface area contributed by atoms with Crippen molar-refractivity contribution in [1.82, 2.24) is 15.5 Å². The topological polar surface area (TPSA) is 44.4 Å². The Morgan fingerprint density at radius 2 is 2.31 bits per heavy atom. The van der Waals surface area contributed by atoms with Crippen LogP contribution in [0.25, 0.3) is 0 Å². The van der Waals surface area contributed by atoms with Gasteiger partial charge in [0.1, 0.15) is 0 Å². The van der Waals surface area contributed by atoms with Crippen molar-refractivity contribution in [1.29, 1.82) is 0 Å². The van der Waals surface area contributed by atoms with Gasteiger partial charge in [0, 0.05) is 31.7 Å². The number of hydrogen-bond donors (Lipinski definition) is 2. The molecule has 1 heterocycles. The van der Waals surface area contributed by atoms with E-state index >= 15 is 0 Å². The molecule has 0 radical (unpaired) electrons. The van der Waals surface area contributed by atoms with E-state index in [1.54, 1.807) is 0 Å². The summed E-state index contributed by atoms with van der Waals surface area (Å²) in [6, 6.07) is 0.915. The fourth-order valence-electron chi connectivity index (χ4n) is 1.63. The van der Waals surface area contributed by atoms with Crippen LogP contribution in [0.3, 0.4) is 0 Å². The largest absolute Gasteiger partial charge is 0.335 e. The normalized spacial score (nSPS) is 28.7. The van der Waals surface area contributed by atoms with Crippen molar-refractivity contribution in [2.24, 2.45) is 0 Å². The van der Waals surface area contributed by atoms with E-state index in [-0.39, 0.29) is 6.03 Å². The molecule has 1 saturated heterocycles. The minimum absolute atomic E-state index is 0.122. The Balaban J connectivity index is 1.85. The van der Waals surface area contributed by atoms with Gasteiger partial charge >= 0.3 is 6.03 Å². The van der Waals surface area contributed by atoms with Gasteiger partial charge in [0.25, 0.3) is 0 Å². The lowest BCUT2D eigenvalue weighted by Gasteiger charge is -2.33. The van der Waals surface area contributed by atoms with Gasteiger partial charge in [-0.1, -0.05) is 0 Å². The smallest absolute Gasteiger partial charge is 0.317 e. The lowest BCUT2D eigenvalue weighted by Crippen LogP contribution is -2.55. The molecule has 13 heavy (non-hydrogen) atoms. The average molecular weight is 183 g/mol. The number of carbonyl (C=O) groups excluding carboxylic acids is 1. The van der Waals surface area contributed by atoms with Crippen molar-refractivity contribution < 1.29 is 4.79 Å². The summed E-state index contributed by atoms with van der Waals surface area (Å²) in [5.41, 5.74) is 0. The van der Waals surface area contributed by atoms with E-state index in [2.05, 4.69) is 17.6 Å². The van der Waals surface area contributed by atoms with Crippen LogP contribution in [0.1, 0.15) is 19.8 Å². The minimum atomic E-state index is 0.122. The third kappa shape index (κ3) is 2.12. The van der Waals surface area contributed by atoms with Gasteiger partial charge in [-0.3, -0.25) is 0 Å². The first-order valence-corrected chi connectivity index (χ1v) is 5.05. The van der Waals surface area contributed by atoms with Gasteiger partial charge in [-0.2, -0.15) is 0 Å². The summed E-state index contributed by atoms with van der Waals surface area (Å²) < 4.78 is 0. The van der Waals surface area contributed by atoms with Crippen molar-refractivity contribution in [3.8, 4) is 0 Å². The summed E-state index contributed by atoms with van der Waals surface area (Å²) in [5.74, 6) is 0. The number of hydrogen-bond acceptors (Lipinski definition) is 2. The molecule has 1 saturated carbocycles. The van der Waals surface area contributed by atoms with Crippen molar-refractivity contribution >= 4 is 6.03 Å². The highest BCUT2D eigenvalue weighted by Crippen LogP contribution is 2.19. The summed E-state index contributed by atoms with van der Waals surface area (Å²) in [5, 5.41) is 6.28. The van der Waals surface area contributed by atoms with Crippen LogP contribution in [0, 0.1) is 0 Å². The maximum Gasteiger partial charge on any atom is 0.317 e. The number of piperazine rings is 1. The Bertz CT molecular complexity index is 203. The minimum Gasteiger partial charge on any atom is -0.335 e. The zero-order valence-corrected chi connectivity index (χ0v) is 8.05. The molecule has 2 N–H and O–H groups in total. The number of amides is 2. The molecule has 1 aliphatic heterocycles. The molecule has 0 unspecified atom stereocenters. The maximum absolute atomic E-state index is 11.6. The van der Waals surface area contributed by atoms with E-state index < -0.39 is 0 Å². The molecule has 1 aliphatic carbocycles. The van der Waals surface area contributed by atoms with Crippen molar-refractivity contribution in [2.75, 3.05) is 19.6 Å². The molecule has 2 fully saturated rings. The first kappa shape index (κ1) is 8.81. The van der Waals surface area contributed by atoms with Gasteiger partial charge in [0.15, 0.2) is 0 Å². The van der Waals surface area contributed by atoms with E-state index in [4.69, 9.17) is 0 Å². The van der Waals surface area contributed by atoms with E-state index in [0.717, 1.165) is 32.5 Å². The average Bonchev–Trinajstić information content (AvgIpc) is 2.89. The summed E-state index contributed by atoms with van der Waals surface area (Å²) in [4.78, 5) is 13.6. The van der Waals surface area contributed by atoms with Gasteiger partial charge in [0.2, 0.25) is 0 Å². The lowest BCUT2D eigenvalue weighted by atomic mass is 10.2. The van der Waals surface area contributed by atoms with Crippen LogP contribution >= 0.6 is 0 Å². The van der Waals surface area contributed by atoms with Crippen LogP contribution in [0.5, 0.6) is 0 Å². The summed E-state index contributed by atoms with van der Waals surface area (Å²) >= 11 is 0. The predicted octanol–water partition coefficient (Wildman–Crippen LogP) is 0.152. The van der Waals surface area contributed by atoms with Crippen LogP contribution in [-0.4, -0.2) is 42.6 Å². The molecule has 0 aromatic rings. The maximum atomic E-state index is 11.6. The Hall–Kier alpha value is -0.770. The highest BCUT2D eigenvalue weighted by atomic mass is 16.2. The standard InChI is InChI=1S/C9H17N3O/c1-7-6-10-4-5-12(7)9(13)11-8-2-3-8/h7-8,10H,2-6H2,1H3,(H,11,13)/t7-/m0/s1. The van der Waals surface area contributed by atoms with Crippen LogP contribution in [-0.2, 0) is 0 Å². The fourth-order valence-corrected chi connectivity index (χ4v) is 1.63. The number of urea groups is 1. The number of rotatable bonds is 1. The molecule has 2 amide bonds. The molecular formula is C9H17N3O. The highest BCUT2D eigenvalue weighted by Gasteiger charge is 2.28. The molecule has 0 aromatic carbocycles. The fraction of sp³-hybridized carbons (Fsp3) is 0.889. The predicted molar refractivity (Wildman–Crippen MR) is 50.6 cm³/mol. The molecular weight excluding hydrogens is 166 g/mol. The van der Waals surface area contributed by atoms with E-state index in [9.17, 15) is 4.79 Å². The molecule has 0 bridgehead atoms. The first-order valence-electron chi connectivity index (χ1n) is 5.05. The van der Waals surface area contributed by atoms with Crippen molar-refractivity contribution in [2.45, 2.75) is 31.8 Å². The molecule has 1 atom stereocenters. The summed E-state index contributed by atoms with van der Waals surface area (Å²) in [6.45, 7) is 4.75. The van der Waals surface area contributed by atoms with Crippen LogP contribution in [0.2, 0.25) is 0 Å². The second-order valence-corrected chi connectivity index (χ2v) is 3.97. The number of nitrogens with zero attached hydrogens (tertiary/aromatic N) is 1. The molecule has 2 aliphatic rings. The zero-order chi connectivity index (χ0) is 9.26. The van der Waals surface area contributed by atoms with E-state index in [1.165, 1.54) is 0 Å². The third-order valence-electron chi connectivity index (χ3n) is 2.67. The van der Waals surface area contributed by atoms with E-state index in [1.807, 2.05) is 4.90 Å². The molecule has 0 spiro atoms. The third-order valence-corrected chi connectivity index (χ3v) is 2.67. The Morgan fingerprint density at radius 1 is 1.54 bits per heavy atom. The molecule has 4 nitrogen and oxygen atoms in total. The second-order valence-electron chi connectivity index (χ2n) is 3.97. The molecule has 2 rings (SSSR count). The second kappa shape index (κ2) is 3.54. The monoisotopic (exact) mass is 183 g/mol. The van der Waals surface area contributed by atoms with E-state index in [0.29, 0.717) is 12.1 Å². The van der Waals surface area contributed by atoms with Crippen LogP contribution in [0.15, 0.2) is 0 Å². The summed E-state index contributed by atoms with van der Waals surface area (Å²) in [6.07, 6.45) is 2.32. The van der Waals surface area contributed by atoms with Crippen LogP contribution in [0.4, 0.5) is 4.79 Å².